The summed E-state index contributed by atoms with van der Waals surface area (Å²) >= 11 is 0. The molecule has 4 rings (SSSR count). The second kappa shape index (κ2) is 13.0. The summed E-state index contributed by atoms with van der Waals surface area (Å²) in [6, 6.07) is 18.5. The lowest BCUT2D eigenvalue weighted by Gasteiger charge is -2.28. The highest BCUT2D eigenvalue weighted by Gasteiger charge is 2.22. The Hall–Kier alpha value is -2.26. The molecule has 34 heavy (non-hydrogen) atoms. The number of benzene rings is 2. The average Bonchev–Trinajstić information content (AvgIpc) is 2.91. The fraction of sp³-hybridized carbons (Fsp3) is 0.529. The van der Waals surface area contributed by atoms with Gasteiger partial charge in [0.25, 0.3) is 0 Å². The maximum atomic E-state index is 3.35. The maximum absolute atomic E-state index is 3.35. The van der Waals surface area contributed by atoms with Crippen LogP contribution in [0.5, 0.6) is 0 Å². The molecule has 0 aliphatic heterocycles. The van der Waals surface area contributed by atoms with E-state index in [2.05, 4.69) is 86.4 Å². The Balaban J connectivity index is 1.21. The second-order valence-electron chi connectivity index (χ2n) is 10.8. The van der Waals surface area contributed by atoms with Gasteiger partial charge in [-0.2, -0.15) is 0 Å². The first-order valence-corrected chi connectivity index (χ1v) is 14.1. The summed E-state index contributed by atoms with van der Waals surface area (Å²) in [5.74, 6) is 9.83. The van der Waals surface area contributed by atoms with Crippen molar-refractivity contribution in [2.45, 2.75) is 103 Å². The van der Waals surface area contributed by atoms with E-state index in [-0.39, 0.29) is 0 Å². The molecule has 0 atom stereocenters. The number of allylic oxidation sites excluding steroid dienone is 2. The van der Waals surface area contributed by atoms with Crippen LogP contribution in [0.2, 0.25) is 0 Å². The summed E-state index contributed by atoms with van der Waals surface area (Å²) in [7, 11) is 0. The van der Waals surface area contributed by atoms with E-state index >= 15 is 0 Å². The first-order valence-electron chi connectivity index (χ1n) is 14.1. The van der Waals surface area contributed by atoms with Crippen molar-refractivity contribution >= 4 is 0 Å². The zero-order valence-electron chi connectivity index (χ0n) is 21.6. The highest BCUT2D eigenvalue weighted by molar-refractivity contribution is 5.39. The van der Waals surface area contributed by atoms with E-state index in [0.29, 0.717) is 5.92 Å². The SMILES string of the molecule is CCCCC1CCC(c2ccc(C#CC=CC3CCC(c4ccc(CC)cc4)CC3)cc2)CC1. The Morgan fingerprint density at radius 1 is 0.735 bits per heavy atom. The molecule has 0 saturated heterocycles. The van der Waals surface area contributed by atoms with Crippen molar-refractivity contribution in [3.05, 3.63) is 82.9 Å². The Morgan fingerprint density at radius 3 is 1.91 bits per heavy atom. The third-order valence-corrected chi connectivity index (χ3v) is 8.49. The van der Waals surface area contributed by atoms with Crippen molar-refractivity contribution in [3.8, 4) is 11.8 Å². The minimum Gasteiger partial charge on any atom is -0.0730 e. The van der Waals surface area contributed by atoms with Gasteiger partial charge in [0.2, 0.25) is 0 Å². The molecule has 0 spiro atoms. The van der Waals surface area contributed by atoms with E-state index in [9.17, 15) is 0 Å². The number of hydrogen-bond donors (Lipinski definition) is 0. The Bertz CT molecular complexity index is 934. The molecule has 0 amide bonds. The van der Waals surface area contributed by atoms with Crippen LogP contribution in [0.1, 0.15) is 119 Å². The van der Waals surface area contributed by atoms with Gasteiger partial charge in [0.15, 0.2) is 0 Å². The number of aryl methyl sites for hydroxylation is 1. The van der Waals surface area contributed by atoms with Crippen molar-refractivity contribution in [1.82, 2.24) is 0 Å². The summed E-state index contributed by atoms with van der Waals surface area (Å²) < 4.78 is 0. The Morgan fingerprint density at radius 2 is 1.32 bits per heavy atom. The summed E-state index contributed by atoms with van der Waals surface area (Å²) in [4.78, 5) is 0. The van der Waals surface area contributed by atoms with Crippen LogP contribution >= 0.6 is 0 Å². The number of rotatable bonds is 7. The highest BCUT2D eigenvalue weighted by Crippen LogP contribution is 2.38. The van der Waals surface area contributed by atoms with Gasteiger partial charge in [0.05, 0.1) is 0 Å². The highest BCUT2D eigenvalue weighted by atomic mass is 14.3. The van der Waals surface area contributed by atoms with Crippen LogP contribution in [-0.2, 0) is 6.42 Å². The molecule has 2 fully saturated rings. The van der Waals surface area contributed by atoms with Crippen LogP contribution in [0.4, 0.5) is 0 Å². The standard InChI is InChI=1S/C34H44/c1-3-5-8-28-13-21-33(22-14-28)34-25-17-30(18-26-34)10-7-6-9-29-15-23-32(24-16-29)31-19-11-27(4-2)12-20-31/h6,9,11-12,17-20,25-26,28-29,32-33H,3-5,8,13-16,21-24H2,1-2H3. The molecule has 2 aliphatic rings. The van der Waals surface area contributed by atoms with Crippen molar-refractivity contribution in [3.63, 3.8) is 0 Å². The molecule has 2 aromatic rings. The largest absolute Gasteiger partial charge is 0.0730 e. The third-order valence-electron chi connectivity index (χ3n) is 8.49. The van der Waals surface area contributed by atoms with Crippen LogP contribution in [0.15, 0.2) is 60.7 Å². The zero-order chi connectivity index (χ0) is 23.6. The lowest BCUT2D eigenvalue weighted by atomic mass is 9.77. The van der Waals surface area contributed by atoms with Gasteiger partial charge in [-0.3, -0.25) is 0 Å². The summed E-state index contributed by atoms with van der Waals surface area (Å²) in [5, 5.41) is 0. The van der Waals surface area contributed by atoms with Gasteiger partial charge in [-0.15, -0.1) is 0 Å². The van der Waals surface area contributed by atoms with E-state index < -0.39 is 0 Å². The Labute approximate surface area is 209 Å². The van der Waals surface area contributed by atoms with E-state index in [1.54, 1.807) is 0 Å². The van der Waals surface area contributed by atoms with Gasteiger partial charge in [-0.1, -0.05) is 87.4 Å². The molecule has 2 aliphatic carbocycles. The number of hydrogen-bond acceptors (Lipinski definition) is 0. The van der Waals surface area contributed by atoms with Crippen molar-refractivity contribution < 1.29 is 0 Å². The van der Waals surface area contributed by atoms with Gasteiger partial charge in [-0.25, -0.2) is 0 Å². The van der Waals surface area contributed by atoms with Crippen molar-refractivity contribution in [1.29, 1.82) is 0 Å². The lowest BCUT2D eigenvalue weighted by Crippen LogP contribution is -2.13. The molecule has 2 aromatic carbocycles. The smallest absolute Gasteiger partial charge is 0.0249 e. The van der Waals surface area contributed by atoms with E-state index in [1.165, 1.54) is 87.3 Å². The van der Waals surface area contributed by atoms with Crippen molar-refractivity contribution in [2.75, 3.05) is 0 Å². The third kappa shape index (κ3) is 7.12. The zero-order valence-corrected chi connectivity index (χ0v) is 21.6. The van der Waals surface area contributed by atoms with Crippen molar-refractivity contribution in [2.24, 2.45) is 11.8 Å². The van der Waals surface area contributed by atoms with Gasteiger partial charge in [-0.05, 0) is 116 Å². The molecule has 0 aromatic heterocycles. The molecule has 0 bridgehead atoms. The van der Waals surface area contributed by atoms with Gasteiger partial charge >= 0.3 is 0 Å². The molecule has 0 heteroatoms. The fourth-order valence-electron chi connectivity index (χ4n) is 6.10. The molecule has 180 valence electrons. The second-order valence-corrected chi connectivity index (χ2v) is 10.8. The Kier molecular flexibility index (Phi) is 9.50. The van der Waals surface area contributed by atoms with E-state index in [4.69, 9.17) is 0 Å². The first kappa shape index (κ1) is 24.9. The molecule has 0 radical (unpaired) electrons. The van der Waals surface area contributed by atoms with Crippen LogP contribution in [0.3, 0.4) is 0 Å². The fourth-order valence-corrected chi connectivity index (χ4v) is 6.10. The average molecular weight is 453 g/mol. The maximum Gasteiger partial charge on any atom is 0.0249 e. The summed E-state index contributed by atoms with van der Waals surface area (Å²) in [5.41, 5.74) is 5.64. The quantitative estimate of drug-likeness (QED) is 0.367. The predicted octanol–water partition coefficient (Wildman–Crippen LogP) is 9.59. The minimum atomic E-state index is 0.690. The van der Waals surface area contributed by atoms with Crippen LogP contribution in [-0.4, -0.2) is 0 Å². The minimum absolute atomic E-state index is 0.690. The molecule has 0 nitrogen and oxygen atoms in total. The monoisotopic (exact) mass is 452 g/mol. The molecule has 0 heterocycles. The van der Waals surface area contributed by atoms with E-state index in [1.807, 2.05) is 0 Å². The normalized spacial score (nSPS) is 25.1. The molecule has 2 saturated carbocycles. The molecular formula is C34H44. The van der Waals surface area contributed by atoms with Gasteiger partial charge in [0, 0.05) is 5.56 Å². The van der Waals surface area contributed by atoms with Crippen LogP contribution in [0.25, 0.3) is 0 Å². The molecule has 0 N–H and O–H groups in total. The summed E-state index contributed by atoms with van der Waals surface area (Å²) in [6.45, 7) is 4.54. The molecular weight excluding hydrogens is 408 g/mol. The van der Waals surface area contributed by atoms with Crippen LogP contribution in [0, 0.1) is 23.7 Å². The van der Waals surface area contributed by atoms with Gasteiger partial charge in [0.1, 0.15) is 0 Å². The van der Waals surface area contributed by atoms with Gasteiger partial charge < -0.3 is 0 Å². The first-order chi connectivity index (χ1) is 16.7. The van der Waals surface area contributed by atoms with E-state index in [0.717, 1.165) is 29.7 Å². The predicted molar refractivity (Wildman–Crippen MR) is 147 cm³/mol. The number of unbranched alkanes of at least 4 members (excludes halogenated alkanes) is 1. The topological polar surface area (TPSA) is 0 Å². The lowest BCUT2D eigenvalue weighted by molar-refractivity contribution is 0.304. The van der Waals surface area contributed by atoms with Crippen LogP contribution < -0.4 is 0 Å². The summed E-state index contributed by atoms with van der Waals surface area (Å²) in [6.07, 6.45) is 20.5. The molecule has 0 unspecified atom stereocenters.